The average Bonchev–Trinajstić information content (AvgIpc) is 2.58. The lowest BCUT2D eigenvalue weighted by atomic mass is 10.0. The summed E-state index contributed by atoms with van der Waals surface area (Å²) in [4.78, 5) is 2.34. The molecule has 0 fully saturated rings. The second kappa shape index (κ2) is 9.12. The molecule has 1 nitrogen and oxygen atoms in total. The van der Waals surface area contributed by atoms with Gasteiger partial charge in [-0.2, -0.15) is 0 Å². The molecule has 2 aromatic carbocycles. The zero-order valence-electron chi connectivity index (χ0n) is 14.5. The molecule has 120 valence electrons. The van der Waals surface area contributed by atoms with Crippen LogP contribution in [-0.4, -0.2) is 18.5 Å². The van der Waals surface area contributed by atoms with Crippen LogP contribution in [0.3, 0.4) is 0 Å². The van der Waals surface area contributed by atoms with Gasteiger partial charge in [0.1, 0.15) is 0 Å². The zero-order chi connectivity index (χ0) is 16.5. The van der Waals surface area contributed by atoms with Crippen molar-refractivity contribution < 1.29 is 0 Å². The molecule has 0 spiro atoms. The maximum Gasteiger partial charge on any atom is 0.0240 e. The van der Waals surface area contributed by atoms with Crippen molar-refractivity contribution in [3.8, 4) is 0 Å². The van der Waals surface area contributed by atoms with Gasteiger partial charge in [0.05, 0.1) is 0 Å². The lowest BCUT2D eigenvalue weighted by Gasteiger charge is -2.16. The number of benzene rings is 2. The summed E-state index contributed by atoms with van der Waals surface area (Å²) in [6.45, 7) is 6.15. The van der Waals surface area contributed by atoms with Crippen molar-refractivity contribution in [3.05, 3.63) is 84.0 Å². The zero-order valence-corrected chi connectivity index (χ0v) is 14.5. The molecule has 0 unspecified atom stereocenters. The van der Waals surface area contributed by atoms with Gasteiger partial charge in [-0.15, -0.1) is 0 Å². The van der Waals surface area contributed by atoms with Crippen LogP contribution >= 0.6 is 0 Å². The van der Waals surface area contributed by atoms with Crippen LogP contribution in [0.25, 0.3) is 10.8 Å². The molecular weight excluding hydrogens is 278 g/mol. The molecule has 0 aromatic heterocycles. The fourth-order valence-corrected chi connectivity index (χ4v) is 2.66. The summed E-state index contributed by atoms with van der Waals surface area (Å²) in [5.41, 5.74) is 2.65. The van der Waals surface area contributed by atoms with E-state index in [4.69, 9.17) is 0 Å². The Labute approximate surface area is 140 Å². The van der Waals surface area contributed by atoms with Crippen LogP contribution in [0.15, 0.2) is 78.4 Å². The fourth-order valence-electron chi connectivity index (χ4n) is 2.66. The normalized spacial score (nSPS) is 13.0. The molecule has 0 radical (unpaired) electrons. The van der Waals surface area contributed by atoms with Gasteiger partial charge >= 0.3 is 0 Å². The Balaban J connectivity index is 1.99. The molecule has 23 heavy (non-hydrogen) atoms. The van der Waals surface area contributed by atoms with Crippen molar-refractivity contribution in [3.63, 3.8) is 0 Å². The predicted octanol–water partition coefficient (Wildman–Crippen LogP) is 5.74. The van der Waals surface area contributed by atoms with Crippen LogP contribution in [-0.2, 0) is 6.54 Å². The third kappa shape index (κ3) is 5.22. The van der Waals surface area contributed by atoms with Gasteiger partial charge in [-0.3, -0.25) is 4.90 Å². The highest BCUT2D eigenvalue weighted by Gasteiger charge is 2.03. The second-order valence-electron chi connectivity index (χ2n) is 5.84. The lowest BCUT2D eigenvalue weighted by Crippen LogP contribution is -2.17. The molecule has 0 amide bonds. The van der Waals surface area contributed by atoms with Gasteiger partial charge in [0.2, 0.25) is 0 Å². The van der Waals surface area contributed by atoms with E-state index in [-0.39, 0.29) is 0 Å². The Hall–Kier alpha value is -2.12. The van der Waals surface area contributed by atoms with Crippen molar-refractivity contribution >= 4 is 10.8 Å². The minimum atomic E-state index is 0.945. The van der Waals surface area contributed by atoms with E-state index in [0.717, 1.165) is 19.5 Å². The Bertz CT molecular complexity index is 701. The van der Waals surface area contributed by atoms with Crippen molar-refractivity contribution in [2.45, 2.75) is 26.8 Å². The average molecular weight is 305 g/mol. The third-order valence-corrected chi connectivity index (χ3v) is 3.93. The molecule has 0 N–H and O–H groups in total. The summed E-state index contributed by atoms with van der Waals surface area (Å²) in [6.07, 6.45) is 12.0. The van der Waals surface area contributed by atoms with Crippen molar-refractivity contribution in [1.82, 2.24) is 4.90 Å². The quantitative estimate of drug-likeness (QED) is 0.589. The molecule has 0 saturated heterocycles. The van der Waals surface area contributed by atoms with Gasteiger partial charge < -0.3 is 0 Å². The van der Waals surface area contributed by atoms with Crippen molar-refractivity contribution in [2.75, 3.05) is 13.6 Å². The highest BCUT2D eigenvalue weighted by Crippen LogP contribution is 2.19. The molecule has 0 saturated carbocycles. The first-order valence-electron chi connectivity index (χ1n) is 8.39. The highest BCUT2D eigenvalue weighted by molar-refractivity contribution is 5.85. The van der Waals surface area contributed by atoms with Gasteiger partial charge in [-0.1, -0.05) is 79.8 Å². The molecular formula is C22H27N. The summed E-state index contributed by atoms with van der Waals surface area (Å²) in [7, 11) is 2.17. The Morgan fingerprint density at radius 1 is 1.00 bits per heavy atom. The van der Waals surface area contributed by atoms with Gasteiger partial charge in [-0.05, 0) is 42.3 Å². The molecule has 1 heteroatoms. The van der Waals surface area contributed by atoms with E-state index < -0.39 is 0 Å². The Morgan fingerprint density at radius 2 is 1.74 bits per heavy atom. The molecule has 0 bridgehead atoms. The number of likely N-dealkylation sites (N-methyl/N-ethyl adjacent to an activating group) is 1. The van der Waals surface area contributed by atoms with E-state index >= 15 is 0 Å². The first-order chi connectivity index (χ1) is 11.2. The summed E-state index contributed by atoms with van der Waals surface area (Å²) in [5.74, 6) is 0. The SMILES string of the molecule is CC=C(C=CCC)C=CCN(C)Cc1cccc2ccccc12. The van der Waals surface area contributed by atoms with Gasteiger partial charge in [0.25, 0.3) is 0 Å². The predicted molar refractivity (Wildman–Crippen MR) is 103 cm³/mol. The third-order valence-electron chi connectivity index (χ3n) is 3.93. The molecule has 2 rings (SSSR count). The van der Waals surface area contributed by atoms with Crippen LogP contribution < -0.4 is 0 Å². The van der Waals surface area contributed by atoms with E-state index in [1.807, 2.05) is 0 Å². The van der Waals surface area contributed by atoms with Crippen LogP contribution in [0.2, 0.25) is 0 Å². The summed E-state index contributed by atoms with van der Waals surface area (Å²) < 4.78 is 0. The summed E-state index contributed by atoms with van der Waals surface area (Å²) in [5, 5.41) is 2.67. The monoisotopic (exact) mass is 305 g/mol. The van der Waals surface area contributed by atoms with Gasteiger partial charge in [0.15, 0.2) is 0 Å². The lowest BCUT2D eigenvalue weighted by molar-refractivity contribution is 0.365. The Morgan fingerprint density at radius 3 is 2.52 bits per heavy atom. The minimum absolute atomic E-state index is 0.945. The standard InChI is InChI=1S/C22H27N/c1-4-6-11-19(5-2)12-10-17-23(3)18-21-15-9-14-20-13-7-8-16-22(20)21/h5-16H,4,17-18H2,1-3H3. The van der Waals surface area contributed by atoms with E-state index in [9.17, 15) is 0 Å². The van der Waals surface area contributed by atoms with Gasteiger partial charge in [-0.25, -0.2) is 0 Å². The van der Waals surface area contributed by atoms with Gasteiger partial charge in [0, 0.05) is 13.1 Å². The van der Waals surface area contributed by atoms with Crippen LogP contribution in [0, 0.1) is 0 Å². The topological polar surface area (TPSA) is 3.24 Å². The number of allylic oxidation sites excluding steroid dienone is 5. The molecule has 0 atom stereocenters. The summed E-state index contributed by atoms with van der Waals surface area (Å²) >= 11 is 0. The molecule has 0 heterocycles. The maximum absolute atomic E-state index is 2.34. The van der Waals surface area contributed by atoms with E-state index in [1.165, 1.54) is 21.9 Å². The van der Waals surface area contributed by atoms with Crippen LogP contribution in [0.1, 0.15) is 25.8 Å². The minimum Gasteiger partial charge on any atom is -0.298 e. The molecule has 0 aliphatic rings. The second-order valence-corrected chi connectivity index (χ2v) is 5.84. The summed E-state index contributed by atoms with van der Waals surface area (Å²) in [6, 6.07) is 15.2. The number of hydrogen-bond acceptors (Lipinski definition) is 1. The van der Waals surface area contributed by atoms with Crippen LogP contribution in [0.5, 0.6) is 0 Å². The fraction of sp³-hybridized carbons (Fsp3) is 0.273. The molecule has 0 aliphatic carbocycles. The van der Waals surface area contributed by atoms with E-state index in [0.29, 0.717) is 0 Å². The smallest absolute Gasteiger partial charge is 0.0240 e. The Kier molecular flexibility index (Phi) is 6.83. The number of hydrogen-bond donors (Lipinski definition) is 0. The number of rotatable bonds is 7. The highest BCUT2D eigenvalue weighted by atomic mass is 15.1. The number of nitrogens with zero attached hydrogens (tertiary/aromatic N) is 1. The van der Waals surface area contributed by atoms with E-state index in [2.05, 4.69) is 98.6 Å². The molecule has 2 aromatic rings. The van der Waals surface area contributed by atoms with Crippen LogP contribution in [0.4, 0.5) is 0 Å². The first kappa shape index (κ1) is 17.2. The van der Waals surface area contributed by atoms with E-state index in [1.54, 1.807) is 0 Å². The molecule has 0 aliphatic heterocycles. The largest absolute Gasteiger partial charge is 0.298 e. The number of fused-ring (bicyclic) bond motifs is 1. The van der Waals surface area contributed by atoms with Crippen molar-refractivity contribution in [1.29, 1.82) is 0 Å². The first-order valence-corrected chi connectivity index (χ1v) is 8.39. The van der Waals surface area contributed by atoms with Crippen molar-refractivity contribution in [2.24, 2.45) is 0 Å². The maximum atomic E-state index is 2.34.